The molecule has 0 amide bonds. The van der Waals surface area contributed by atoms with Crippen LogP contribution in [0.15, 0.2) is 24.4 Å². The van der Waals surface area contributed by atoms with Gasteiger partial charge >= 0.3 is 5.97 Å². The molecule has 3 rings (SSSR count). The first-order chi connectivity index (χ1) is 16.4. The van der Waals surface area contributed by atoms with Crippen molar-refractivity contribution >= 4 is 28.6 Å². The number of hydrogen-bond acceptors (Lipinski definition) is 6. The highest BCUT2D eigenvalue weighted by Gasteiger charge is 2.31. The van der Waals surface area contributed by atoms with Crippen LogP contribution in [0.2, 0.25) is 0 Å². The van der Waals surface area contributed by atoms with Crippen molar-refractivity contribution in [3.63, 3.8) is 0 Å². The van der Waals surface area contributed by atoms with Crippen LogP contribution >= 0.6 is 11.8 Å². The van der Waals surface area contributed by atoms with Gasteiger partial charge in [0.15, 0.2) is 0 Å². The van der Waals surface area contributed by atoms with E-state index in [9.17, 15) is 14.3 Å². The Kier molecular flexibility index (Phi) is 10.4. The summed E-state index contributed by atoms with van der Waals surface area (Å²) in [6.45, 7) is 5.00. The summed E-state index contributed by atoms with van der Waals surface area (Å²) in [6, 6.07) is 4.90. The summed E-state index contributed by atoms with van der Waals surface area (Å²) in [5.74, 6) is 2.12. The fraction of sp³-hybridized carbons (Fsp3) is 0.615. The lowest BCUT2D eigenvalue weighted by Crippen LogP contribution is -2.42. The molecule has 34 heavy (non-hydrogen) atoms. The van der Waals surface area contributed by atoms with E-state index in [0.29, 0.717) is 28.6 Å². The molecule has 6 nitrogen and oxygen atoms in total. The molecular formula is C26H38FN3O3S. The number of fused-ring (bicyclic) bond motifs is 1. The van der Waals surface area contributed by atoms with E-state index in [1.165, 1.54) is 24.8 Å². The van der Waals surface area contributed by atoms with Crippen molar-refractivity contribution in [3.05, 3.63) is 35.8 Å². The maximum absolute atomic E-state index is 14.8. The molecule has 0 unspecified atom stereocenters. The number of carboxylic acids is 1. The molecule has 1 aromatic heterocycles. The van der Waals surface area contributed by atoms with Crippen molar-refractivity contribution < 1.29 is 19.0 Å². The van der Waals surface area contributed by atoms with Gasteiger partial charge in [0, 0.05) is 42.3 Å². The lowest BCUT2D eigenvalue weighted by molar-refractivity contribution is -0.139. The fourth-order valence-corrected chi connectivity index (χ4v) is 6.03. The molecule has 2 aromatic rings. The topological polar surface area (TPSA) is 88.7 Å². The number of unbranched alkanes of at least 4 members (excludes halogenated alkanes) is 1. The number of likely N-dealkylation sites (tertiary alicyclic amines) is 1. The van der Waals surface area contributed by atoms with Crippen LogP contribution in [0.4, 0.5) is 4.39 Å². The summed E-state index contributed by atoms with van der Waals surface area (Å²) in [5.41, 5.74) is 7.65. The maximum atomic E-state index is 14.8. The molecule has 1 aliphatic rings. The van der Waals surface area contributed by atoms with Gasteiger partial charge in [0.05, 0.1) is 18.8 Å². The van der Waals surface area contributed by atoms with Crippen molar-refractivity contribution in [2.24, 2.45) is 17.6 Å². The average Bonchev–Trinajstić information content (AvgIpc) is 2.82. The third kappa shape index (κ3) is 7.30. The Morgan fingerprint density at radius 3 is 2.94 bits per heavy atom. The molecule has 0 aliphatic carbocycles. The zero-order valence-electron chi connectivity index (χ0n) is 20.3. The van der Waals surface area contributed by atoms with Crippen molar-refractivity contribution in [1.29, 1.82) is 0 Å². The van der Waals surface area contributed by atoms with Gasteiger partial charge in [0.25, 0.3) is 0 Å². The number of halogens is 1. The number of rotatable bonds is 13. The number of thioether (sulfide) groups is 1. The number of carbonyl (C=O) groups is 1. The molecule has 8 heteroatoms. The number of piperidine rings is 1. The smallest absolute Gasteiger partial charge is 0.303 e. The highest BCUT2D eigenvalue weighted by molar-refractivity contribution is 7.99. The first-order valence-electron chi connectivity index (χ1n) is 12.3. The normalized spacial score (nSPS) is 19.9. The number of ether oxygens (including phenoxy) is 1. The minimum atomic E-state index is -0.753. The first kappa shape index (κ1) is 26.7. The third-order valence-corrected chi connectivity index (χ3v) is 7.94. The van der Waals surface area contributed by atoms with E-state index in [-0.39, 0.29) is 18.3 Å². The van der Waals surface area contributed by atoms with Gasteiger partial charge in [-0.15, -0.1) is 0 Å². The Balaban J connectivity index is 1.63. The molecule has 0 spiro atoms. The van der Waals surface area contributed by atoms with Gasteiger partial charge in [0.1, 0.15) is 11.6 Å². The summed E-state index contributed by atoms with van der Waals surface area (Å²) >= 11 is 1.98. The second-order valence-electron chi connectivity index (χ2n) is 9.26. The Labute approximate surface area is 206 Å². The second kappa shape index (κ2) is 13.3. The van der Waals surface area contributed by atoms with Crippen LogP contribution < -0.4 is 10.5 Å². The second-order valence-corrected chi connectivity index (χ2v) is 10.5. The molecule has 1 aromatic carbocycles. The zero-order chi connectivity index (χ0) is 24.5. The van der Waals surface area contributed by atoms with Gasteiger partial charge in [-0.05, 0) is 68.0 Å². The van der Waals surface area contributed by atoms with E-state index in [1.54, 1.807) is 19.2 Å². The lowest BCUT2D eigenvalue weighted by atomic mass is 9.79. The molecule has 0 radical (unpaired) electrons. The molecule has 1 saturated heterocycles. The summed E-state index contributed by atoms with van der Waals surface area (Å²) in [4.78, 5) is 18.1. The zero-order valence-corrected chi connectivity index (χ0v) is 21.2. The quantitative estimate of drug-likeness (QED) is 0.377. The van der Waals surface area contributed by atoms with Crippen LogP contribution in [-0.2, 0) is 4.79 Å². The van der Waals surface area contributed by atoms with Gasteiger partial charge in [-0.25, -0.2) is 4.39 Å². The summed E-state index contributed by atoms with van der Waals surface area (Å²) in [6.07, 6.45) is 6.20. The van der Waals surface area contributed by atoms with Crippen molar-refractivity contribution in [3.8, 4) is 5.75 Å². The summed E-state index contributed by atoms with van der Waals surface area (Å²) in [7, 11) is 1.58. The molecule has 1 fully saturated rings. The lowest BCUT2D eigenvalue weighted by Gasteiger charge is -2.38. The van der Waals surface area contributed by atoms with Crippen LogP contribution in [0, 0.1) is 17.7 Å². The molecule has 3 atom stereocenters. The maximum Gasteiger partial charge on any atom is 0.303 e. The number of nitrogens with zero attached hydrogens (tertiary/aromatic N) is 2. The number of aliphatic carboxylic acids is 1. The third-order valence-electron chi connectivity index (χ3n) is 6.89. The van der Waals surface area contributed by atoms with Crippen LogP contribution in [0.3, 0.4) is 0 Å². The molecule has 0 saturated carbocycles. The summed E-state index contributed by atoms with van der Waals surface area (Å²) < 4.78 is 20.1. The minimum absolute atomic E-state index is 0.0956. The SMILES string of the molecule is CCCCSCCN1CC[C@@H](CC[C@H](N)c2c(F)cnc3ccc(OC)cc23)[C@H](CC(=O)O)C1. The molecule has 2 heterocycles. The van der Waals surface area contributed by atoms with Gasteiger partial charge in [-0.1, -0.05) is 13.3 Å². The highest BCUT2D eigenvalue weighted by atomic mass is 32.2. The number of methoxy groups -OCH3 is 1. The summed E-state index contributed by atoms with van der Waals surface area (Å²) in [5, 5.41) is 10.2. The predicted molar refractivity (Wildman–Crippen MR) is 137 cm³/mol. The van der Waals surface area contributed by atoms with Crippen molar-refractivity contribution in [2.45, 2.75) is 51.5 Å². The number of benzene rings is 1. The molecule has 0 bridgehead atoms. The van der Waals surface area contributed by atoms with Crippen molar-refractivity contribution in [1.82, 2.24) is 9.88 Å². The Morgan fingerprint density at radius 1 is 1.38 bits per heavy atom. The molecule has 1 aliphatic heterocycles. The van der Waals surface area contributed by atoms with Crippen LogP contribution in [0.5, 0.6) is 5.75 Å². The minimum Gasteiger partial charge on any atom is -0.497 e. The standard InChI is InChI=1S/C26H38FN3O3S/c1-3-4-12-34-13-11-30-10-9-18(19(17-30)14-25(31)32)5-7-23(28)26-21-15-20(33-2)6-8-24(21)29-16-22(26)27/h6,8,15-16,18-19,23H,3-5,7,9-14,17,28H2,1-2H3,(H,31,32)/t18-,19-,23+/m1/s1. The average molecular weight is 492 g/mol. The Hall–Kier alpha value is -1.90. The molecule has 188 valence electrons. The van der Waals surface area contributed by atoms with Gasteiger partial charge in [-0.3, -0.25) is 9.78 Å². The van der Waals surface area contributed by atoms with E-state index < -0.39 is 17.8 Å². The van der Waals surface area contributed by atoms with E-state index in [2.05, 4.69) is 16.8 Å². The van der Waals surface area contributed by atoms with Crippen LogP contribution in [-0.4, -0.2) is 59.2 Å². The largest absolute Gasteiger partial charge is 0.497 e. The van der Waals surface area contributed by atoms with Gasteiger partial charge in [0.2, 0.25) is 0 Å². The fourth-order valence-electron chi connectivity index (χ4n) is 4.95. The number of carboxylic acid groups (broad SMARTS) is 1. The Bertz CT molecular complexity index is 945. The highest BCUT2D eigenvalue weighted by Crippen LogP contribution is 2.35. The van der Waals surface area contributed by atoms with Gasteiger partial charge in [-0.2, -0.15) is 11.8 Å². The van der Waals surface area contributed by atoms with Crippen LogP contribution in [0.25, 0.3) is 10.9 Å². The van der Waals surface area contributed by atoms with Crippen LogP contribution in [0.1, 0.15) is 57.1 Å². The van der Waals surface area contributed by atoms with E-state index >= 15 is 0 Å². The monoisotopic (exact) mass is 491 g/mol. The van der Waals surface area contributed by atoms with E-state index in [1.807, 2.05) is 17.8 Å². The van der Waals surface area contributed by atoms with Gasteiger partial charge < -0.3 is 20.5 Å². The Morgan fingerprint density at radius 2 is 2.21 bits per heavy atom. The first-order valence-corrected chi connectivity index (χ1v) is 13.5. The number of aromatic nitrogens is 1. The van der Waals surface area contributed by atoms with E-state index in [4.69, 9.17) is 10.5 Å². The van der Waals surface area contributed by atoms with E-state index in [0.717, 1.165) is 38.2 Å². The molecule has 3 N–H and O–H groups in total. The van der Waals surface area contributed by atoms with Crippen molar-refractivity contribution in [2.75, 3.05) is 38.2 Å². The molecular weight excluding hydrogens is 453 g/mol. The number of hydrogen-bond donors (Lipinski definition) is 2. The number of pyridine rings is 1. The number of nitrogens with two attached hydrogens (primary N) is 1. The predicted octanol–water partition coefficient (Wildman–Crippen LogP) is 5.11.